The van der Waals surface area contributed by atoms with Gasteiger partial charge < -0.3 is 63.9 Å². The Morgan fingerprint density at radius 2 is 1.24 bits per heavy atom. The quantitative estimate of drug-likeness (QED) is 0.0723. The van der Waals surface area contributed by atoms with Crippen molar-refractivity contribution in [2.45, 2.75) is 101 Å². The Morgan fingerprint density at radius 3 is 1.86 bits per heavy atom. The molecule has 1 fully saturated rings. The minimum absolute atomic E-state index is 0.00125. The second-order valence-corrected chi connectivity index (χ2v) is 19.9. The number of aliphatic carboxylic acids is 1. The number of aromatic nitrogens is 1. The third-order valence-electron chi connectivity index (χ3n) is 11.4. The number of carbonyl (C=O) groups is 8. The van der Waals surface area contributed by atoms with Gasteiger partial charge in [-0.15, -0.1) is 0 Å². The average molecular weight is 1000 g/mol. The number of aromatic amines is 1. The van der Waals surface area contributed by atoms with Crippen molar-refractivity contribution in [3.05, 3.63) is 102 Å². The summed E-state index contributed by atoms with van der Waals surface area (Å²) in [7, 11) is 2.06. The van der Waals surface area contributed by atoms with Crippen LogP contribution >= 0.6 is 21.6 Å². The molecule has 0 radical (unpaired) electrons. The van der Waals surface area contributed by atoms with Crippen LogP contribution in [0.3, 0.4) is 0 Å². The van der Waals surface area contributed by atoms with Crippen molar-refractivity contribution in [3.8, 4) is 5.75 Å². The van der Waals surface area contributed by atoms with Crippen LogP contribution in [0, 0.1) is 5.92 Å². The number of H-pyrrole nitrogens is 1. The summed E-state index contributed by atoms with van der Waals surface area (Å²) in [5.41, 5.74) is 14.4. The molecule has 5 rings (SSSR count). The van der Waals surface area contributed by atoms with Crippen LogP contribution in [0.15, 0.2) is 85.1 Å². The molecule has 4 aromatic rings. The number of phenols is 1. The molecule has 22 heteroatoms. The van der Waals surface area contributed by atoms with Crippen LogP contribution in [-0.4, -0.2) is 129 Å². The third kappa shape index (κ3) is 16.0. The number of hydrogen-bond donors (Lipinski definition) is 12. The molecule has 14 N–H and O–H groups in total. The Balaban J connectivity index is 1.60. The average Bonchev–Trinajstić information content (AvgIpc) is 3.74. The summed E-state index contributed by atoms with van der Waals surface area (Å²) in [5.74, 6) is -7.75. The number of amides is 7. The Bertz CT molecular complexity index is 2460. The Labute approximate surface area is 413 Å². The minimum atomic E-state index is -1.42. The SMILES string of the molecule is CC(C)[C@H](NC(=O)[C@@H]1CSSC[C@H](NC(=O)[C@H](C)N)C(=O)N[C@@H](Cc2ccccc2)C(=O)N[C@@H](Cc2c[nH]c3ccccc23)C(=O)N[C@@H](CCCN)C(=O)N[C@@H](Cc2ccc(O)cc2)C(=O)N1)C(=O)O. The maximum absolute atomic E-state index is 14.7. The molecule has 1 saturated heterocycles. The molecule has 8 atom stereocenters. The van der Waals surface area contributed by atoms with E-state index < -0.39 is 102 Å². The zero-order valence-corrected chi connectivity index (χ0v) is 40.7. The molecule has 20 nitrogen and oxygen atoms in total. The van der Waals surface area contributed by atoms with Crippen molar-refractivity contribution in [1.29, 1.82) is 0 Å². The molecule has 376 valence electrons. The molecule has 70 heavy (non-hydrogen) atoms. The van der Waals surface area contributed by atoms with Crippen LogP contribution in [0.1, 0.15) is 50.3 Å². The summed E-state index contributed by atoms with van der Waals surface area (Å²) >= 11 is 0. The number of rotatable bonds is 15. The van der Waals surface area contributed by atoms with Crippen molar-refractivity contribution in [2.75, 3.05) is 18.1 Å². The first kappa shape index (κ1) is 54.3. The van der Waals surface area contributed by atoms with Gasteiger partial charge in [0.25, 0.3) is 0 Å². The van der Waals surface area contributed by atoms with Crippen LogP contribution in [-0.2, 0) is 57.6 Å². The second-order valence-electron chi connectivity index (χ2n) is 17.3. The lowest BCUT2D eigenvalue weighted by molar-refractivity contribution is -0.143. The summed E-state index contributed by atoms with van der Waals surface area (Å²) in [6.07, 6.45) is 1.68. The normalized spacial score (nSPS) is 22.1. The highest BCUT2D eigenvalue weighted by atomic mass is 33.1. The molecule has 0 spiro atoms. The van der Waals surface area contributed by atoms with Gasteiger partial charge in [0.1, 0.15) is 48.0 Å². The van der Waals surface area contributed by atoms with E-state index in [1.807, 2.05) is 24.3 Å². The van der Waals surface area contributed by atoms with E-state index >= 15 is 0 Å². The van der Waals surface area contributed by atoms with E-state index in [4.69, 9.17) is 11.5 Å². The number of phenolic OH excluding ortho intramolecular Hbond substituents is 1. The van der Waals surface area contributed by atoms with E-state index in [1.165, 1.54) is 31.2 Å². The number of hydrogen-bond acceptors (Lipinski definition) is 13. The smallest absolute Gasteiger partial charge is 0.326 e. The molecule has 2 heterocycles. The van der Waals surface area contributed by atoms with Gasteiger partial charge in [-0.25, -0.2) is 4.79 Å². The molecule has 0 unspecified atom stereocenters. The number of aromatic hydroxyl groups is 1. The Morgan fingerprint density at radius 1 is 0.700 bits per heavy atom. The maximum Gasteiger partial charge on any atom is 0.326 e. The molecule has 1 aliphatic heterocycles. The predicted molar refractivity (Wildman–Crippen MR) is 267 cm³/mol. The van der Waals surface area contributed by atoms with Gasteiger partial charge in [0.2, 0.25) is 41.4 Å². The van der Waals surface area contributed by atoms with Gasteiger partial charge >= 0.3 is 5.97 Å². The molecule has 0 bridgehead atoms. The topological polar surface area (TPSA) is 329 Å². The number of para-hydroxylation sites is 1. The fourth-order valence-electron chi connectivity index (χ4n) is 7.49. The number of nitrogens with two attached hydrogens (primary N) is 2. The second kappa shape index (κ2) is 26.4. The zero-order valence-electron chi connectivity index (χ0n) is 39.1. The van der Waals surface area contributed by atoms with Crippen LogP contribution in [0.5, 0.6) is 5.75 Å². The Kier molecular flexibility index (Phi) is 20.5. The molecular weight excluding hydrogens is 941 g/mol. The maximum atomic E-state index is 14.7. The fraction of sp³-hybridized carbons (Fsp3) is 0.417. The first-order valence-corrected chi connectivity index (χ1v) is 25.3. The van der Waals surface area contributed by atoms with Gasteiger partial charge in [0, 0.05) is 47.9 Å². The van der Waals surface area contributed by atoms with Crippen molar-refractivity contribution in [3.63, 3.8) is 0 Å². The lowest BCUT2D eigenvalue weighted by atomic mass is 10.0. The van der Waals surface area contributed by atoms with Gasteiger partial charge in [-0.2, -0.15) is 0 Å². The summed E-state index contributed by atoms with van der Waals surface area (Å²) in [4.78, 5) is 115. The lowest BCUT2D eigenvalue weighted by Crippen LogP contribution is -2.61. The first-order chi connectivity index (χ1) is 33.4. The van der Waals surface area contributed by atoms with Crippen LogP contribution < -0.4 is 48.7 Å². The number of carbonyl (C=O) groups excluding carboxylic acids is 7. The van der Waals surface area contributed by atoms with E-state index in [1.54, 1.807) is 50.4 Å². The molecule has 7 amide bonds. The highest BCUT2D eigenvalue weighted by molar-refractivity contribution is 8.76. The summed E-state index contributed by atoms with van der Waals surface area (Å²) < 4.78 is 0. The van der Waals surface area contributed by atoms with E-state index in [-0.39, 0.29) is 55.9 Å². The first-order valence-electron chi connectivity index (χ1n) is 22.9. The van der Waals surface area contributed by atoms with Crippen LogP contribution in [0.4, 0.5) is 0 Å². The standard InChI is InChI=1S/C48H62N10O10S2/c1-26(2)40(48(67)68)58-47(66)39-25-70-69-24-38(56-41(60)27(3)50)46(65)54-35(20-28-10-5-4-6-11-28)43(62)55-37(22-30-23-51-33-13-8-7-12-32(30)33)45(64)52-34(14-9-19-49)42(61)53-36(44(63)57-39)21-29-15-17-31(59)18-16-29/h4-8,10-13,15-18,23,26-27,34-40,51,59H,9,14,19-22,24-25,49-50H2,1-3H3,(H,52,64)(H,53,61)(H,54,65)(H,55,62)(H,56,60)(H,57,63)(H,58,66)(H,67,68)/t27-,34-,35-,36-,37-,38-,39-,40-/m0/s1. The molecule has 3 aromatic carbocycles. The van der Waals surface area contributed by atoms with E-state index in [9.17, 15) is 48.6 Å². The van der Waals surface area contributed by atoms with Crippen molar-refractivity contribution < 1.29 is 48.6 Å². The van der Waals surface area contributed by atoms with E-state index in [2.05, 4.69) is 42.2 Å². The van der Waals surface area contributed by atoms with Gasteiger partial charge in [-0.3, -0.25) is 33.6 Å². The van der Waals surface area contributed by atoms with Crippen molar-refractivity contribution in [2.24, 2.45) is 17.4 Å². The summed E-state index contributed by atoms with van der Waals surface area (Å²) in [5, 5.41) is 39.6. The lowest BCUT2D eigenvalue weighted by Gasteiger charge is -2.29. The molecule has 0 saturated carbocycles. The highest BCUT2D eigenvalue weighted by Gasteiger charge is 2.36. The highest BCUT2D eigenvalue weighted by Crippen LogP contribution is 2.25. The molecular formula is C48H62N10O10S2. The summed E-state index contributed by atoms with van der Waals surface area (Å²) in [6.45, 7) is 4.75. The molecule has 1 aliphatic rings. The number of fused-ring (bicyclic) bond motifs is 1. The number of carboxylic acid groups (broad SMARTS) is 1. The molecule has 0 aliphatic carbocycles. The number of nitrogens with one attached hydrogen (secondary N) is 8. The largest absolute Gasteiger partial charge is 0.508 e. The number of benzene rings is 3. The van der Waals surface area contributed by atoms with E-state index in [0.717, 1.165) is 32.5 Å². The minimum Gasteiger partial charge on any atom is -0.508 e. The molecule has 1 aromatic heterocycles. The Hall–Kier alpha value is -6.62. The van der Waals surface area contributed by atoms with Crippen molar-refractivity contribution in [1.82, 2.24) is 42.2 Å². The fourth-order valence-corrected chi connectivity index (χ4v) is 9.81. The predicted octanol–water partition coefficient (Wildman–Crippen LogP) is 0.517. The van der Waals surface area contributed by atoms with Gasteiger partial charge in [0.15, 0.2) is 0 Å². The van der Waals surface area contributed by atoms with Gasteiger partial charge in [-0.1, -0.05) is 96.1 Å². The monoisotopic (exact) mass is 1000 g/mol. The van der Waals surface area contributed by atoms with Gasteiger partial charge in [-0.05, 0) is 67.1 Å². The van der Waals surface area contributed by atoms with E-state index in [0.29, 0.717) is 16.7 Å². The third-order valence-corrected chi connectivity index (χ3v) is 13.9. The van der Waals surface area contributed by atoms with Crippen LogP contribution in [0.25, 0.3) is 10.9 Å². The zero-order chi connectivity index (χ0) is 50.9. The number of carboxylic acids is 1. The van der Waals surface area contributed by atoms with Gasteiger partial charge in [0.05, 0.1) is 6.04 Å². The van der Waals surface area contributed by atoms with Crippen molar-refractivity contribution >= 4 is 79.8 Å². The summed E-state index contributed by atoms with van der Waals surface area (Å²) in [6, 6.07) is 11.6. The van der Waals surface area contributed by atoms with Crippen LogP contribution in [0.2, 0.25) is 0 Å².